The Kier molecular flexibility index (Phi) is 4.25. The summed E-state index contributed by atoms with van der Waals surface area (Å²) in [6.07, 6.45) is 2.95. The van der Waals surface area contributed by atoms with Crippen LogP contribution in [0.2, 0.25) is 0 Å². The zero-order valence-corrected chi connectivity index (χ0v) is 15.8. The van der Waals surface area contributed by atoms with Gasteiger partial charge in [0, 0.05) is 36.5 Å². The van der Waals surface area contributed by atoms with E-state index in [2.05, 4.69) is 0 Å². The Bertz CT molecular complexity index is 967. The summed E-state index contributed by atoms with van der Waals surface area (Å²) >= 11 is 0. The van der Waals surface area contributed by atoms with Crippen LogP contribution in [0.4, 0.5) is 0 Å². The van der Waals surface area contributed by atoms with Crippen LogP contribution in [0.25, 0.3) is 5.69 Å². The molecule has 1 aliphatic heterocycles. The SMILES string of the molecule is CC1(C)CC(=O)c2cc(C(=O)N3CCCC3)c(=O)n(-c3ccccc3)c2C1. The van der Waals surface area contributed by atoms with Gasteiger partial charge < -0.3 is 4.90 Å². The van der Waals surface area contributed by atoms with Crippen molar-refractivity contribution in [3.63, 3.8) is 0 Å². The number of hydrogen-bond donors (Lipinski definition) is 0. The lowest BCUT2D eigenvalue weighted by molar-refractivity contribution is 0.0790. The van der Waals surface area contributed by atoms with Gasteiger partial charge in [-0.2, -0.15) is 0 Å². The largest absolute Gasteiger partial charge is 0.338 e. The molecule has 2 heterocycles. The second-order valence-corrected chi connectivity index (χ2v) is 8.33. The molecule has 1 aromatic carbocycles. The number of pyridine rings is 1. The standard InChI is InChI=1S/C22H24N2O3/c1-22(2)13-18-16(19(25)14-22)12-17(20(26)23-10-6-7-11-23)21(27)24(18)15-8-4-3-5-9-15/h3-5,8-9,12H,6-7,10-11,13-14H2,1-2H3. The van der Waals surface area contributed by atoms with Gasteiger partial charge in [-0.05, 0) is 42.9 Å². The van der Waals surface area contributed by atoms with Crippen molar-refractivity contribution >= 4 is 11.7 Å². The average molecular weight is 364 g/mol. The van der Waals surface area contributed by atoms with Crippen LogP contribution in [0.3, 0.4) is 0 Å². The normalized spacial score (nSPS) is 18.4. The summed E-state index contributed by atoms with van der Waals surface area (Å²) in [6.45, 7) is 5.41. The highest BCUT2D eigenvalue weighted by atomic mass is 16.2. The van der Waals surface area contributed by atoms with Gasteiger partial charge in [-0.1, -0.05) is 32.0 Å². The number of para-hydroxylation sites is 1. The Balaban J connectivity index is 1.96. The van der Waals surface area contributed by atoms with Gasteiger partial charge in [-0.15, -0.1) is 0 Å². The van der Waals surface area contributed by atoms with Gasteiger partial charge in [0.1, 0.15) is 5.56 Å². The van der Waals surface area contributed by atoms with Crippen LogP contribution in [-0.4, -0.2) is 34.2 Å². The number of carbonyl (C=O) groups excluding carboxylic acids is 2. The van der Waals surface area contributed by atoms with E-state index in [1.165, 1.54) is 0 Å². The van der Waals surface area contributed by atoms with Crippen LogP contribution in [0.15, 0.2) is 41.2 Å². The highest BCUT2D eigenvalue weighted by Gasteiger charge is 2.35. The monoisotopic (exact) mass is 364 g/mol. The van der Waals surface area contributed by atoms with Gasteiger partial charge in [0.2, 0.25) is 0 Å². The van der Waals surface area contributed by atoms with E-state index in [0.717, 1.165) is 12.8 Å². The van der Waals surface area contributed by atoms with Crippen LogP contribution < -0.4 is 5.56 Å². The van der Waals surface area contributed by atoms with Crippen molar-refractivity contribution in [3.05, 3.63) is 63.6 Å². The second-order valence-electron chi connectivity index (χ2n) is 8.33. The van der Waals surface area contributed by atoms with E-state index in [1.807, 2.05) is 44.2 Å². The Labute approximate surface area is 158 Å². The summed E-state index contributed by atoms with van der Waals surface area (Å²) in [5, 5.41) is 0. The van der Waals surface area contributed by atoms with Crippen molar-refractivity contribution in [3.8, 4) is 5.69 Å². The molecule has 1 saturated heterocycles. The van der Waals surface area contributed by atoms with Gasteiger partial charge >= 0.3 is 0 Å². The maximum absolute atomic E-state index is 13.4. The van der Waals surface area contributed by atoms with Crippen molar-refractivity contribution in [2.45, 2.75) is 39.5 Å². The van der Waals surface area contributed by atoms with Crippen LogP contribution >= 0.6 is 0 Å². The minimum absolute atomic E-state index is 0.00130. The molecule has 5 heteroatoms. The lowest BCUT2D eigenvalue weighted by atomic mass is 9.75. The van der Waals surface area contributed by atoms with Crippen molar-refractivity contribution < 1.29 is 9.59 Å². The van der Waals surface area contributed by atoms with Gasteiger partial charge in [0.05, 0.1) is 0 Å². The number of fused-ring (bicyclic) bond motifs is 1. The van der Waals surface area contributed by atoms with Crippen molar-refractivity contribution in [2.24, 2.45) is 5.41 Å². The van der Waals surface area contributed by atoms with Crippen molar-refractivity contribution in [1.82, 2.24) is 9.47 Å². The molecule has 0 radical (unpaired) electrons. The molecule has 1 amide bonds. The fourth-order valence-electron chi connectivity index (χ4n) is 4.21. The molecule has 0 saturated carbocycles. The Morgan fingerprint density at radius 3 is 2.33 bits per heavy atom. The second kappa shape index (κ2) is 6.48. The van der Waals surface area contributed by atoms with E-state index >= 15 is 0 Å². The molecule has 2 aromatic rings. The minimum Gasteiger partial charge on any atom is -0.338 e. The smallest absolute Gasteiger partial charge is 0.268 e. The molecule has 5 nitrogen and oxygen atoms in total. The summed E-state index contributed by atoms with van der Waals surface area (Å²) in [7, 11) is 0. The quantitative estimate of drug-likeness (QED) is 0.822. The lowest BCUT2D eigenvalue weighted by Crippen LogP contribution is -2.39. The number of nitrogens with zero attached hydrogens (tertiary/aromatic N) is 2. The summed E-state index contributed by atoms with van der Waals surface area (Å²) in [6, 6.07) is 10.8. The molecule has 140 valence electrons. The van der Waals surface area contributed by atoms with Gasteiger partial charge in [0.15, 0.2) is 5.78 Å². The van der Waals surface area contributed by atoms with Crippen LogP contribution in [-0.2, 0) is 6.42 Å². The molecule has 2 aliphatic rings. The highest BCUT2D eigenvalue weighted by molar-refractivity contribution is 6.02. The molecular weight excluding hydrogens is 340 g/mol. The molecular formula is C22H24N2O3. The van der Waals surface area contributed by atoms with Gasteiger partial charge in [-0.3, -0.25) is 19.0 Å². The molecule has 1 fully saturated rings. The fraction of sp³-hybridized carbons (Fsp3) is 0.409. The molecule has 1 aromatic heterocycles. The molecule has 0 unspecified atom stereocenters. The average Bonchev–Trinajstić information content (AvgIpc) is 3.15. The molecule has 4 rings (SSSR count). The van der Waals surface area contributed by atoms with E-state index in [1.54, 1.807) is 15.5 Å². The third-order valence-corrected chi connectivity index (χ3v) is 5.53. The number of carbonyl (C=O) groups is 2. The van der Waals surface area contributed by atoms with Crippen molar-refractivity contribution in [2.75, 3.05) is 13.1 Å². The topological polar surface area (TPSA) is 59.4 Å². The number of likely N-dealkylation sites (tertiary alicyclic amines) is 1. The third kappa shape index (κ3) is 3.11. The van der Waals surface area contributed by atoms with Gasteiger partial charge in [0.25, 0.3) is 11.5 Å². The number of aromatic nitrogens is 1. The van der Waals surface area contributed by atoms with E-state index in [0.29, 0.717) is 42.9 Å². The summed E-state index contributed by atoms with van der Waals surface area (Å²) in [5.41, 5.74) is 1.48. The predicted octanol–water partition coefficient (Wildman–Crippen LogP) is 3.23. The van der Waals surface area contributed by atoms with E-state index in [-0.39, 0.29) is 28.2 Å². The fourth-order valence-corrected chi connectivity index (χ4v) is 4.21. The number of ketones is 1. The molecule has 0 spiro atoms. The van der Waals surface area contributed by atoms with E-state index < -0.39 is 0 Å². The first-order valence-electron chi connectivity index (χ1n) is 9.54. The maximum Gasteiger partial charge on any atom is 0.268 e. The molecule has 27 heavy (non-hydrogen) atoms. The van der Waals surface area contributed by atoms with Gasteiger partial charge in [-0.25, -0.2) is 0 Å². The van der Waals surface area contributed by atoms with E-state index in [4.69, 9.17) is 0 Å². The number of amides is 1. The molecule has 1 aliphatic carbocycles. The summed E-state index contributed by atoms with van der Waals surface area (Å²) in [5.74, 6) is -0.260. The first-order valence-corrected chi connectivity index (χ1v) is 9.54. The lowest BCUT2D eigenvalue weighted by Gasteiger charge is -2.32. The van der Waals surface area contributed by atoms with Crippen molar-refractivity contribution in [1.29, 1.82) is 0 Å². The number of benzene rings is 1. The Morgan fingerprint density at radius 2 is 1.67 bits per heavy atom. The van der Waals surface area contributed by atoms with E-state index in [9.17, 15) is 14.4 Å². The third-order valence-electron chi connectivity index (χ3n) is 5.53. The first kappa shape index (κ1) is 17.7. The summed E-state index contributed by atoms with van der Waals surface area (Å²) in [4.78, 5) is 40.9. The highest BCUT2D eigenvalue weighted by Crippen LogP contribution is 2.35. The number of rotatable bonds is 2. The van der Waals surface area contributed by atoms with Crippen LogP contribution in [0.5, 0.6) is 0 Å². The number of hydrogen-bond acceptors (Lipinski definition) is 3. The summed E-state index contributed by atoms with van der Waals surface area (Å²) < 4.78 is 1.58. The Morgan fingerprint density at radius 1 is 1.00 bits per heavy atom. The predicted molar refractivity (Wildman–Crippen MR) is 104 cm³/mol. The zero-order chi connectivity index (χ0) is 19.2. The first-order chi connectivity index (χ1) is 12.9. The van der Waals surface area contributed by atoms with Crippen LogP contribution in [0.1, 0.15) is 59.5 Å². The molecule has 0 N–H and O–H groups in total. The molecule has 0 bridgehead atoms. The number of Topliss-reactive ketones (excluding diaryl/α,β-unsaturated/α-hetero) is 1. The Hall–Kier alpha value is -2.69. The molecule has 0 atom stereocenters. The minimum atomic E-state index is -0.331. The van der Waals surface area contributed by atoms with Crippen LogP contribution in [0, 0.1) is 5.41 Å². The zero-order valence-electron chi connectivity index (χ0n) is 15.8. The maximum atomic E-state index is 13.4.